The van der Waals surface area contributed by atoms with E-state index in [1.54, 1.807) is 60.4 Å². The molecule has 0 saturated carbocycles. The summed E-state index contributed by atoms with van der Waals surface area (Å²) in [6.45, 7) is 0. The van der Waals surface area contributed by atoms with Crippen molar-refractivity contribution < 1.29 is 9.59 Å². The topological polar surface area (TPSA) is 110 Å². The molecule has 2 aromatic rings. The van der Waals surface area contributed by atoms with E-state index in [0.717, 1.165) is 5.08 Å². The highest BCUT2D eigenvalue weighted by atomic mass is 32.2. The summed E-state index contributed by atoms with van der Waals surface area (Å²) in [7, 11) is 0. The van der Waals surface area contributed by atoms with Gasteiger partial charge >= 0.3 is 0 Å². The number of hydrogen-bond donors (Lipinski definition) is 2. The number of amides is 2. The molecule has 0 saturated heterocycles. The molecule has 10 heteroatoms. The molecular formula is C15H18N6O2S2. The van der Waals surface area contributed by atoms with Gasteiger partial charge in [-0.1, -0.05) is 0 Å². The Labute approximate surface area is 154 Å². The average Bonchev–Trinajstić information content (AvgIpc) is 2.62. The summed E-state index contributed by atoms with van der Waals surface area (Å²) in [6.07, 6.45) is 7.11. The molecule has 0 aliphatic carbocycles. The van der Waals surface area contributed by atoms with Crippen molar-refractivity contribution in [1.29, 1.82) is 0 Å². The second kappa shape index (κ2) is 11.4. The molecule has 0 fully saturated rings. The van der Waals surface area contributed by atoms with E-state index in [1.807, 2.05) is 0 Å². The fourth-order valence-electron chi connectivity index (χ4n) is 1.61. The molecule has 0 aromatic carbocycles. The zero-order chi connectivity index (χ0) is 17.7. The Morgan fingerprint density at radius 1 is 0.760 bits per heavy atom. The molecule has 2 N–H and O–H groups in total. The molecule has 0 aliphatic heterocycles. The fourth-order valence-corrected chi connectivity index (χ4v) is 3.68. The van der Waals surface area contributed by atoms with E-state index in [9.17, 15) is 9.59 Å². The van der Waals surface area contributed by atoms with Crippen LogP contribution in [0.25, 0.3) is 0 Å². The van der Waals surface area contributed by atoms with Gasteiger partial charge in [-0.2, -0.15) is 23.5 Å². The molecular weight excluding hydrogens is 360 g/mol. The number of thioether (sulfide) groups is 2. The van der Waals surface area contributed by atoms with Crippen molar-refractivity contribution in [3.63, 3.8) is 0 Å². The Kier molecular flexibility index (Phi) is 8.70. The highest BCUT2D eigenvalue weighted by Crippen LogP contribution is 2.14. The largest absolute Gasteiger partial charge is 0.295 e. The first-order chi connectivity index (χ1) is 12.2. The number of anilines is 2. The first-order valence-corrected chi connectivity index (χ1v) is 9.84. The third-order valence-electron chi connectivity index (χ3n) is 2.75. The maximum Gasteiger partial charge on any atom is 0.229 e. The Morgan fingerprint density at radius 2 is 1.16 bits per heavy atom. The smallest absolute Gasteiger partial charge is 0.229 e. The van der Waals surface area contributed by atoms with E-state index in [2.05, 4.69) is 30.6 Å². The lowest BCUT2D eigenvalue weighted by Crippen LogP contribution is -2.14. The summed E-state index contributed by atoms with van der Waals surface area (Å²) >= 11 is 3.31. The summed E-state index contributed by atoms with van der Waals surface area (Å²) in [5, 5.41) is 6.10. The highest BCUT2D eigenvalue weighted by molar-refractivity contribution is 8.15. The Hall–Kier alpha value is -2.20. The van der Waals surface area contributed by atoms with Crippen molar-refractivity contribution in [3.05, 3.63) is 36.9 Å². The summed E-state index contributed by atoms with van der Waals surface area (Å²) < 4.78 is 0. The van der Waals surface area contributed by atoms with E-state index in [0.29, 0.717) is 36.2 Å². The van der Waals surface area contributed by atoms with Crippen molar-refractivity contribution in [2.24, 2.45) is 0 Å². The van der Waals surface area contributed by atoms with Crippen LogP contribution in [-0.2, 0) is 9.59 Å². The van der Waals surface area contributed by atoms with Gasteiger partial charge in [-0.3, -0.25) is 20.2 Å². The summed E-state index contributed by atoms with van der Waals surface area (Å²) in [5.74, 6) is 1.84. The Balaban J connectivity index is 1.46. The molecule has 0 atom stereocenters. The Bertz CT molecular complexity index is 602. The predicted molar refractivity (Wildman–Crippen MR) is 100 cm³/mol. The number of nitrogens with zero attached hydrogens (tertiary/aromatic N) is 4. The maximum atomic E-state index is 11.7. The third-order valence-corrected chi connectivity index (χ3v) is 5.07. The molecule has 2 heterocycles. The van der Waals surface area contributed by atoms with Gasteiger partial charge in [-0.05, 0) is 12.1 Å². The minimum Gasteiger partial charge on any atom is -0.295 e. The second-order valence-corrected chi connectivity index (χ2v) is 7.25. The molecule has 2 aromatic heterocycles. The van der Waals surface area contributed by atoms with Crippen LogP contribution < -0.4 is 10.6 Å². The number of nitrogens with one attached hydrogen (secondary N) is 2. The first-order valence-electron chi connectivity index (χ1n) is 7.53. The van der Waals surface area contributed by atoms with Crippen LogP contribution in [0.4, 0.5) is 11.9 Å². The first kappa shape index (κ1) is 19.1. The van der Waals surface area contributed by atoms with Crippen LogP contribution in [0.2, 0.25) is 0 Å². The lowest BCUT2D eigenvalue weighted by Gasteiger charge is -2.04. The van der Waals surface area contributed by atoms with Crippen molar-refractivity contribution in [2.75, 3.05) is 27.2 Å². The van der Waals surface area contributed by atoms with Crippen LogP contribution in [-0.4, -0.2) is 48.3 Å². The fraction of sp³-hybridized carbons (Fsp3) is 0.333. The van der Waals surface area contributed by atoms with E-state index in [-0.39, 0.29) is 11.8 Å². The number of rotatable bonds is 10. The molecule has 8 nitrogen and oxygen atoms in total. The lowest BCUT2D eigenvalue weighted by molar-refractivity contribution is -0.116. The zero-order valence-corrected chi connectivity index (χ0v) is 15.1. The van der Waals surface area contributed by atoms with Crippen molar-refractivity contribution >= 4 is 47.2 Å². The SMILES string of the molecule is O=C(CCSCSCCC(=O)Nc1ncccn1)Nc1ncccn1. The monoisotopic (exact) mass is 378 g/mol. The van der Waals surface area contributed by atoms with Gasteiger partial charge in [0.15, 0.2) is 0 Å². The quantitative estimate of drug-likeness (QED) is 0.477. The molecule has 25 heavy (non-hydrogen) atoms. The van der Waals surface area contributed by atoms with Crippen molar-refractivity contribution in [2.45, 2.75) is 12.8 Å². The van der Waals surface area contributed by atoms with Gasteiger partial charge in [0.2, 0.25) is 23.7 Å². The van der Waals surface area contributed by atoms with Crippen LogP contribution in [0.5, 0.6) is 0 Å². The van der Waals surface area contributed by atoms with Gasteiger partial charge in [0, 0.05) is 54.2 Å². The standard InChI is InChI=1S/C15H18N6O2S2/c22-12(20-14-16-5-1-6-17-14)3-9-24-11-25-10-4-13(23)21-15-18-7-2-8-19-15/h1-2,5-8H,3-4,9-11H2,(H,16,17,20,22)(H,18,19,21,23). The molecule has 0 spiro atoms. The molecule has 0 radical (unpaired) electrons. The molecule has 2 amide bonds. The molecule has 2 rings (SSSR count). The number of carbonyl (C=O) groups excluding carboxylic acids is 2. The third kappa shape index (κ3) is 8.45. The number of aromatic nitrogens is 4. The van der Waals surface area contributed by atoms with Gasteiger partial charge < -0.3 is 0 Å². The normalized spacial score (nSPS) is 10.2. The van der Waals surface area contributed by atoms with Gasteiger partial charge in [0.25, 0.3) is 0 Å². The summed E-state index contributed by atoms with van der Waals surface area (Å²) in [5.41, 5.74) is 0. The van der Waals surface area contributed by atoms with Gasteiger partial charge in [-0.15, -0.1) is 0 Å². The van der Waals surface area contributed by atoms with Crippen LogP contribution in [0.3, 0.4) is 0 Å². The summed E-state index contributed by atoms with van der Waals surface area (Å²) in [4.78, 5) is 39.1. The van der Waals surface area contributed by atoms with E-state index in [4.69, 9.17) is 0 Å². The van der Waals surface area contributed by atoms with Gasteiger partial charge in [0.1, 0.15) is 0 Å². The van der Waals surface area contributed by atoms with E-state index in [1.165, 1.54) is 0 Å². The molecule has 0 unspecified atom stereocenters. The minimum absolute atomic E-state index is 0.106. The summed E-state index contributed by atoms with van der Waals surface area (Å²) in [6, 6.07) is 3.38. The van der Waals surface area contributed by atoms with Crippen LogP contribution >= 0.6 is 23.5 Å². The second-order valence-electron chi connectivity index (χ2n) is 4.68. The Morgan fingerprint density at radius 3 is 1.56 bits per heavy atom. The molecule has 0 aliphatic rings. The van der Waals surface area contributed by atoms with Crippen molar-refractivity contribution in [1.82, 2.24) is 19.9 Å². The predicted octanol–water partition coefficient (Wildman–Crippen LogP) is 2.05. The minimum atomic E-state index is -0.106. The number of hydrogen-bond acceptors (Lipinski definition) is 8. The van der Waals surface area contributed by atoms with Crippen LogP contribution in [0.1, 0.15) is 12.8 Å². The average molecular weight is 378 g/mol. The van der Waals surface area contributed by atoms with Crippen LogP contribution in [0, 0.1) is 0 Å². The van der Waals surface area contributed by atoms with Crippen molar-refractivity contribution in [3.8, 4) is 0 Å². The van der Waals surface area contributed by atoms with Gasteiger partial charge in [0.05, 0.1) is 0 Å². The molecule has 0 bridgehead atoms. The number of carbonyl (C=O) groups is 2. The van der Waals surface area contributed by atoms with Gasteiger partial charge in [-0.25, -0.2) is 19.9 Å². The zero-order valence-electron chi connectivity index (χ0n) is 13.4. The highest BCUT2D eigenvalue weighted by Gasteiger charge is 2.05. The van der Waals surface area contributed by atoms with E-state index >= 15 is 0 Å². The molecule has 132 valence electrons. The lowest BCUT2D eigenvalue weighted by atomic mass is 10.4. The van der Waals surface area contributed by atoms with Crippen LogP contribution in [0.15, 0.2) is 36.9 Å². The maximum absolute atomic E-state index is 11.7. The van der Waals surface area contributed by atoms with E-state index < -0.39 is 0 Å².